The van der Waals surface area contributed by atoms with E-state index < -0.39 is 16.1 Å². The standard InChI is InChI=1S/C22H27NO4S2/c1-15-4-10-20(11-5-15)29(25,26)23-13-12-18(21(23)22(24)28)14-16(2)17-6-8-19(27-3)9-7-17/h4-11,16,18,21H,12-14H2,1-3H3,(H,24,28)/t16-,18?,21?/m0/s1. The molecule has 2 aromatic carbocycles. The molecule has 0 aromatic heterocycles. The maximum Gasteiger partial charge on any atom is 0.243 e. The molecule has 3 rings (SSSR count). The first kappa shape index (κ1) is 21.7. The van der Waals surface area contributed by atoms with E-state index in [0.717, 1.165) is 23.3 Å². The Hall–Kier alpha value is -1.96. The number of rotatable bonds is 7. The first-order valence-corrected chi connectivity index (χ1v) is 11.5. The molecule has 0 aliphatic carbocycles. The fourth-order valence-corrected chi connectivity index (χ4v) is 6.09. The number of aliphatic hydroxyl groups is 1. The number of benzene rings is 2. The minimum absolute atomic E-state index is 0.0372. The number of nitrogens with zero attached hydrogens (tertiary/aromatic N) is 1. The highest BCUT2D eigenvalue weighted by Gasteiger charge is 2.44. The first-order valence-electron chi connectivity index (χ1n) is 9.69. The Morgan fingerprint density at radius 1 is 1.21 bits per heavy atom. The molecule has 1 heterocycles. The molecule has 5 nitrogen and oxygen atoms in total. The number of methoxy groups -OCH3 is 1. The van der Waals surface area contributed by atoms with Crippen LogP contribution in [0.15, 0.2) is 53.4 Å². The summed E-state index contributed by atoms with van der Waals surface area (Å²) in [5.74, 6) is 0.959. The topological polar surface area (TPSA) is 66.8 Å². The minimum atomic E-state index is -3.72. The van der Waals surface area contributed by atoms with Gasteiger partial charge >= 0.3 is 0 Å². The monoisotopic (exact) mass is 433 g/mol. The van der Waals surface area contributed by atoms with Crippen molar-refractivity contribution in [3.63, 3.8) is 0 Å². The van der Waals surface area contributed by atoms with E-state index in [1.807, 2.05) is 31.2 Å². The van der Waals surface area contributed by atoms with Gasteiger partial charge in [-0.2, -0.15) is 4.31 Å². The Kier molecular flexibility index (Phi) is 6.61. The summed E-state index contributed by atoms with van der Waals surface area (Å²) in [6, 6.07) is 14.0. The van der Waals surface area contributed by atoms with Crippen molar-refractivity contribution in [3.8, 4) is 5.75 Å². The van der Waals surface area contributed by atoms with Crippen LogP contribution in [0, 0.1) is 12.8 Å². The Bertz CT molecular complexity index is 955. The molecule has 2 unspecified atom stereocenters. The summed E-state index contributed by atoms with van der Waals surface area (Å²) < 4.78 is 32.9. The molecular formula is C22H27NO4S2. The summed E-state index contributed by atoms with van der Waals surface area (Å²) in [4.78, 5) is 0.230. The largest absolute Gasteiger partial charge is 0.501 e. The predicted octanol–water partition coefficient (Wildman–Crippen LogP) is 4.46. The van der Waals surface area contributed by atoms with Crippen LogP contribution in [0.5, 0.6) is 5.75 Å². The molecule has 1 aliphatic heterocycles. The molecule has 0 radical (unpaired) electrons. The maximum atomic E-state index is 13.2. The van der Waals surface area contributed by atoms with E-state index in [-0.39, 0.29) is 21.8 Å². The molecule has 2 aromatic rings. The quantitative estimate of drug-likeness (QED) is 0.653. The number of aliphatic hydroxyl groups excluding tert-OH is 1. The number of thiocarbonyl (C=S) groups is 1. The average molecular weight is 434 g/mol. The van der Waals surface area contributed by atoms with Gasteiger partial charge in [-0.3, -0.25) is 0 Å². The molecular weight excluding hydrogens is 406 g/mol. The maximum absolute atomic E-state index is 13.2. The predicted molar refractivity (Wildman–Crippen MR) is 118 cm³/mol. The van der Waals surface area contributed by atoms with Gasteiger partial charge in [-0.15, -0.1) is 0 Å². The Morgan fingerprint density at radius 2 is 1.83 bits per heavy atom. The Balaban J connectivity index is 1.80. The second-order valence-electron chi connectivity index (χ2n) is 7.67. The third-order valence-electron chi connectivity index (χ3n) is 5.70. The molecule has 1 aliphatic rings. The second-order valence-corrected chi connectivity index (χ2v) is 9.98. The summed E-state index contributed by atoms with van der Waals surface area (Å²) in [7, 11) is -2.09. The van der Waals surface area contributed by atoms with Gasteiger partial charge in [0.25, 0.3) is 0 Å². The van der Waals surface area contributed by atoms with E-state index in [9.17, 15) is 13.5 Å². The number of hydrogen-bond acceptors (Lipinski definition) is 4. The zero-order chi connectivity index (χ0) is 21.2. The van der Waals surface area contributed by atoms with Gasteiger partial charge < -0.3 is 9.84 Å². The number of sulfonamides is 1. The zero-order valence-corrected chi connectivity index (χ0v) is 18.5. The molecule has 0 bridgehead atoms. The van der Waals surface area contributed by atoms with Crippen LogP contribution < -0.4 is 4.74 Å². The summed E-state index contributed by atoms with van der Waals surface area (Å²) >= 11 is 5.08. The lowest BCUT2D eigenvalue weighted by Gasteiger charge is -2.27. The average Bonchev–Trinajstić information content (AvgIpc) is 3.13. The fourth-order valence-electron chi connectivity index (χ4n) is 4.03. The van der Waals surface area contributed by atoms with E-state index in [1.54, 1.807) is 31.4 Å². The molecule has 0 saturated carbocycles. The smallest absolute Gasteiger partial charge is 0.243 e. The van der Waals surface area contributed by atoms with Crippen LogP contribution in [0.25, 0.3) is 0 Å². The van der Waals surface area contributed by atoms with E-state index in [0.29, 0.717) is 13.0 Å². The van der Waals surface area contributed by atoms with Gasteiger partial charge in [0.2, 0.25) is 10.0 Å². The van der Waals surface area contributed by atoms with Gasteiger partial charge in [-0.1, -0.05) is 36.8 Å². The Labute approximate surface area is 178 Å². The first-order chi connectivity index (χ1) is 13.7. The van der Waals surface area contributed by atoms with Crippen LogP contribution >= 0.6 is 12.2 Å². The van der Waals surface area contributed by atoms with Crippen LogP contribution in [0.2, 0.25) is 0 Å². The summed E-state index contributed by atoms with van der Waals surface area (Å²) in [6.07, 6.45) is 1.40. The van der Waals surface area contributed by atoms with Crippen molar-refractivity contribution in [1.29, 1.82) is 0 Å². The SMILES string of the molecule is COc1ccc([C@@H](C)CC2CCN(S(=O)(=O)c3ccc(C)cc3)C2C(O)=S)cc1. The fraction of sp³-hybridized carbons (Fsp3) is 0.409. The second kappa shape index (κ2) is 8.81. The highest BCUT2D eigenvalue weighted by atomic mass is 32.2. The molecule has 0 amide bonds. The molecule has 0 spiro atoms. The van der Waals surface area contributed by atoms with Crippen molar-refractivity contribution in [1.82, 2.24) is 4.31 Å². The minimum Gasteiger partial charge on any atom is -0.501 e. The van der Waals surface area contributed by atoms with Crippen LogP contribution in [0.3, 0.4) is 0 Å². The molecule has 3 atom stereocenters. The highest BCUT2D eigenvalue weighted by molar-refractivity contribution is 7.89. The van der Waals surface area contributed by atoms with Crippen LogP contribution in [0.1, 0.15) is 36.8 Å². The molecule has 7 heteroatoms. The van der Waals surface area contributed by atoms with E-state index in [4.69, 9.17) is 17.0 Å². The normalized spacial score (nSPS) is 21.1. The van der Waals surface area contributed by atoms with E-state index >= 15 is 0 Å². The van der Waals surface area contributed by atoms with Crippen molar-refractivity contribution in [2.24, 2.45) is 5.92 Å². The third kappa shape index (κ3) is 4.63. The molecule has 29 heavy (non-hydrogen) atoms. The van der Waals surface area contributed by atoms with Gasteiger partial charge in [0.05, 0.1) is 18.0 Å². The number of ether oxygens (including phenoxy) is 1. The molecule has 1 fully saturated rings. The zero-order valence-electron chi connectivity index (χ0n) is 16.9. The number of aryl methyl sites for hydroxylation is 1. The van der Waals surface area contributed by atoms with E-state index in [1.165, 1.54) is 4.31 Å². The van der Waals surface area contributed by atoms with Gasteiger partial charge in [0.1, 0.15) is 5.75 Å². The van der Waals surface area contributed by atoms with Crippen molar-refractivity contribution >= 4 is 27.3 Å². The van der Waals surface area contributed by atoms with Gasteiger partial charge in [0.15, 0.2) is 5.05 Å². The van der Waals surface area contributed by atoms with Crippen molar-refractivity contribution in [2.45, 2.75) is 43.5 Å². The van der Waals surface area contributed by atoms with Crippen molar-refractivity contribution < 1.29 is 18.3 Å². The highest BCUT2D eigenvalue weighted by Crippen LogP contribution is 2.37. The number of hydrogen-bond donors (Lipinski definition) is 1. The lowest BCUT2D eigenvalue weighted by molar-refractivity contribution is 0.349. The van der Waals surface area contributed by atoms with Crippen molar-refractivity contribution in [2.75, 3.05) is 13.7 Å². The molecule has 1 N–H and O–H groups in total. The van der Waals surface area contributed by atoms with Crippen LogP contribution in [-0.2, 0) is 10.0 Å². The lowest BCUT2D eigenvalue weighted by Crippen LogP contribution is -2.42. The van der Waals surface area contributed by atoms with Crippen molar-refractivity contribution in [3.05, 3.63) is 59.7 Å². The van der Waals surface area contributed by atoms with Crippen LogP contribution in [0.4, 0.5) is 0 Å². The summed E-state index contributed by atoms with van der Waals surface area (Å²) in [5.41, 5.74) is 2.14. The summed E-state index contributed by atoms with van der Waals surface area (Å²) in [6.45, 7) is 4.37. The van der Waals surface area contributed by atoms with Gasteiger partial charge in [-0.25, -0.2) is 8.42 Å². The van der Waals surface area contributed by atoms with Gasteiger partial charge in [-0.05, 0) is 73.6 Å². The Morgan fingerprint density at radius 3 is 2.38 bits per heavy atom. The summed E-state index contributed by atoms with van der Waals surface area (Å²) in [5, 5.41) is 9.95. The van der Waals surface area contributed by atoms with E-state index in [2.05, 4.69) is 6.92 Å². The lowest BCUT2D eigenvalue weighted by atomic mass is 9.86. The van der Waals surface area contributed by atoms with Crippen LogP contribution in [-0.4, -0.2) is 42.6 Å². The van der Waals surface area contributed by atoms with Gasteiger partial charge in [0, 0.05) is 6.54 Å². The molecule has 1 saturated heterocycles. The third-order valence-corrected chi connectivity index (χ3v) is 7.84. The molecule has 156 valence electrons.